The highest BCUT2D eigenvalue weighted by Crippen LogP contribution is 2.28. The lowest BCUT2D eigenvalue weighted by molar-refractivity contribution is 0.262. The van der Waals surface area contributed by atoms with Gasteiger partial charge in [0, 0.05) is 11.3 Å². The third-order valence-electron chi connectivity index (χ3n) is 3.84. The van der Waals surface area contributed by atoms with Crippen LogP contribution in [0, 0.1) is 22.7 Å². The molecule has 3 aromatic rings. The van der Waals surface area contributed by atoms with Gasteiger partial charge in [-0.15, -0.1) is 0 Å². The number of benzene rings is 1. The summed E-state index contributed by atoms with van der Waals surface area (Å²) in [6.07, 6.45) is 3.12. The molecule has 0 aliphatic rings. The molecule has 0 spiro atoms. The zero-order valence-electron chi connectivity index (χ0n) is 14.5. The number of hydrogen-bond acceptors (Lipinski definition) is 5. The number of nitrogens with one attached hydrogen (secondary N) is 2. The van der Waals surface area contributed by atoms with Crippen LogP contribution in [0.25, 0.3) is 5.65 Å². The van der Waals surface area contributed by atoms with Gasteiger partial charge in [0.05, 0.1) is 29.2 Å². The van der Waals surface area contributed by atoms with E-state index in [4.69, 9.17) is 22.1 Å². The number of hydrogen-bond donors (Lipinski definition) is 2. The van der Waals surface area contributed by atoms with Crippen molar-refractivity contribution in [3.05, 3.63) is 52.4 Å². The Labute approximate surface area is 160 Å². The predicted octanol–water partition coefficient (Wildman–Crippen LogP) is 3.89. The Morgan fingerprint density at radius 1 is 1.22 bits per heavy atom. The fraction of sp³-hybridized carbons (Fsp3) is 0.167. The molecule has 0 fully saturated rings. The van der Waals surface area contributed by atoms with Gasteiger partial charge in [-0.3, -0.25) is 0 Å². The van der Waals surface area contributed by atoms with Crippen LogP contribution in [0.2, 0.25) is 5.15 Å². The molecule has 3 rings (SSSR count). The molecule has 1 aromatic carbocycles. The maximum Gasteiger partial charge on any atom is 0.323 e. The van der Waals surface area contributed by atoms with E-state index in [1.54, 1.807) is 16.8 Å². The van der Waals surface area contributed by atoms with Crippen LogP contribution in [0.1, 0.15) is 36.5 Å². The Morgan fingerprint density at radius 3 is 2.63 bits per heavy atom. The number of anilines is 2. The highest BCUT2D eigenvalue weighted by molar-refractivity contribution is 6.29. The molecule has 9 heteroatoms. The minimum atomic E-state index is -0.505. The fourth-order valence-corrected chi connectivity index (χ4v) is 2.86. The van der Waals surface area contributed by atoms with Crippen molar-refractivity contribution >= 4 is 34.7 Å². The van der Waals surface area contributed by atoms with Crippen molar-refractivity contribution < 1.29 is 4.79 Å². The first-order valence-electron chi connectivity index (χ1n) is 7.99. The minimum Gasteiger partial charge on any atom is -0.308 e. The summed E-state index contributed by atoms with van der Waals surface area (Å²) in [5.41, 5.74) is 2.70. The first-order chi connectivity index (χ1) is 12.9. The maximum absolute atomic E-state index is 12.4. The number of fused-ring (bicyclic) bond motifs is 1. The first kappa shape index (κ1) is 18.2. The van der Waals surface area contributed by atoms with E-state index in [9.17, 15) is 4.79 Å². The summed E-state index contributed by atoms with van der Waals surface area (Å²) in [6, 6.07) is 7.83. The van der Waals surface area contributed by atoms with Gasteiger partial charge in [-0.05, 0) is 24.1 Å². The third kappa shape index (κ3) is 3.66. The van der Waals surface area contributed by atoms with Crippen molar-refractivity contribution in [2.75, 3.05) is 10.6 Å². The summed E-state index contributed by atoms with van der Waals surface area (Å²) >= 11 is 5.96. The molecule has 27 heavy (non-hydrogen) atoms. The number of amides is 2. The second-order valence-electron chi connectivity index (χ2n) is 6.02. The van der Waals surface area contributed by atoms with E-state index in [1.165, 1.54) is 18.3 Å². The van der Waals surface area contributed by atoms with Gasteiger partial charge in [0.2, 0.25) is 0 Å². The number of imidazole rings is 1. The van der Waals surface area contributed by atoms with Crippen LogP contribution in [-0.2, 0) is 0 Å². The summed E-state index contributed by atoms with van der Waals surface area (Å²) in [5, 5.41) is 28.0. The van der Waals surface area contributed by atoms with Crippen LogP contribution in [0.4, 0.5) is 16.2 Å². The highest BCUT2D eigenvalue weighted by Gasteiger charge is 2.17. The Hall–Kier alpha value is -3.62. The van der Waals surface area contributed by atoms with E-state index in [1.807, 2.05) is 26.0 Å². The number of carbonyl (C=O) groups excluding carboxylic acids is 1. The quantitative estimate of drug-likeness (QED) is 0.715. The number of aromatic nitrogens is 3. The molecule has 0 saturated carbocycles. The van der Waals surface area contributed by atoms with Gasteiger partial charge >= 0.3 is 6.03 Å². The van der Waals surface area contributed by atoms with Crippen molar-refractivity contribution in [2.45, 2.75) is 19.8 Å². The lowest BCUT2D eigenvalue weighted by Crippen LogP contribution is -2.21. The average Bonchev–Trinajstić information content (AvgIpc) is 3.01. The largest absolute Gasteiger partial charge is 0.323 e. The zero-order chi connectivity index (χ0) is 19.6. The molecule has 0 atom stereocenters. The molecule has 0 unspecified atom stereocenters. The number of nitriles is 2. The lowest BCUT2D eigenvalue weighted by atomic mass is 10.0. The summed E-state index contributed by atoms with van der Waals surface area (Å²) in [5.74, 6) is 0.0596. The van der Waals surface area contributed by atoms with Crippen LogP contribution in [0.15, 0.2) is 30.6 Å². The van der Waals surface area contributed by atoms with Crippen LogP contribution in [0.5, 0.6) is 0 Å². The average molecular weight is 380 g/mol. The van der Waals surface area contributed by atoms with Gasteiger partial charge in [0.15, 0.2) is 5.65 Å². The van der Waals surface area contributed by atoms with E-state index in [0.29, 0.717) is 22.2 Å². The molecule has 2 aromatic heterocycles. The van der Waals surface area contributed by atoms with Crippen molar-refractivity contribution in [3.63, 3.8) is 0 Å². The van der Waals surface area contributed by atoms with E-state index >= 15 is 0 Å². The topological polar surface area (TPSA) is 119 Å². The molecular weight excluding hydrogens is 366 g/mol. The van der Waals surface area contributed by atoms with Crippen molar-refractivity contribution in [3.8, 4) is 12.1 Å². The monoisotopic (exact) mass is 379 g/mol. The van der Waals surface area contributed by atoms with Gasteiger partial charge in [-0.25, -0.2) is 14.3 Å². The van der Waals surface area contributed by atoms with Crippen molar-refractivity contribution in [1.82, 2.24) is 14.6 Å². The van der Waals surface area contributed by atoms with E-state index in [-0.39, 0.29) is 17.0 Å². The van der Waals surface area contributed by atoms with E-state index < -0.39 is 6.03 Å². The molecular formula is C18H14ClN7O. The van der Waals surface area contributed by atoms with Gasteiger partial charge in [-0.2, -0.15) is 15.6 Å². The van der Waals surface area contributed by atoms with Crippen molar-refractivity contribution in [2.24, 2.45) is 0 Å². The standard InChI is InChI=1S/C18H14ClN7O/c1-10(2)16-14(8-22-26-9-15(19)25-17(16)26)24-18(27)23-13-4-3-11(6-20)12(5-13)7-21/h3-5,8-10H,1-2H3,(H2,23,24,27). The number of urea groups is 1. The minimum absolute atomic E-state index is 0.0596. The number of halogens is 1. The van der Waals surface area contributed by atoms with Crippen LogP contribution in [0.3, 0.4) is 0 Å². The maximum atomic E-state index is 12.4. The molecule has 2 heterocycles. The van der Waals surface area contributed by atoms with Gasteiger partial charge in [0.25, 0.3) is 0 Å². The van der Waals surface area contributed by atoms with E-state index in [2.05, 4.69) is 20.7 Å². The second-order valence-corrected chi connectivity index (χ2v) is 6.41. The lowest BCUT2D eigenvalue weighted by Gasteiger charge is -2.15. The smallest absolute Gasteiger partial charge is 0.308 e. The third-order valence-corrected chi connectivity index (χ3v) is 4.03. The van der Waals surface area contributed by atoms with Gasteiger partial charge in [-0.1, -0.05) is 25.4 Å². The predicted molar refractivity (Wildman–Crippen MR) is 101 cm³/mol. The molecule has 134 valence electrons. The summed E-state index contributed by atoms with van der Waals surface area (Å²) in [4.78, 5) is 16.7. The summed E-state index contributed by atoms with van der Waals surface area (Å²) < 4.78 is 1.56. The number of carbonyl (C=O) groups is 1. The molecule has 0 saturated heterocycles. The van der Waals surface area contributed by atoms with Crippen molar-refractivity contribution in [1.29, 1.82) is 10.5 Å². The molecule has 0 radical (unpaired) electrons. The van der Waals surface area contributed by atoms with Gasteiger partial charge < -0.3 is 10.6 Å². The molecule has 0 aliphatic carbocycles. The normalized spacial score (nSPS) is 10.4. The fourth-order valence-electron chi connectivity index (χ4n) is 2.69. The summed E-state index contributed by atoms with van der Waals surface area (Å²) in [7, 11) is 0. The first-order valence-corrected chi connectivity index (χ1v) is 8.36. The van der Waals surface area contributed by atoms with Crippen LogP contribution in [-0.4, -0.2) is 20.6 Å². The molecule has 2 N–H and O–H groups in total. The number of nitrogens with zero attached hydrogens (tertiary/aromatic N) is 5. The van der Waals surface area contributed by atoms with Gasteiger partial charge in [0.1, 0.15) is 17.3 Å². The van der Waals surface area contributed by atoms with Crippen LogP contribution < -0.4 is 10.6 Å². The van der Waals surface area contributed by atoms with E-state index in [0.717, 1.165) is 5.56 Å². The Morgan fingerprint density at radius 2 is 1.96 bits per heavy atom. The summed E-state index contributed by atoms with van der Waals surface area (Å²) in [6.45, 7) is 3.95. The highest BCUT2D eigenvalue weighted by atomic mass is 35.5. The zero-order valence-corrected chi connectivity index (χ0v) is 15.2. The Balaban J connectivity index is 1.87. The number of rotatable bonds is 3. The Kier molecular flexibility index (Phi) is 4.93. The van der Waals surface area contributed by atoms with Crippen LogP contribution >= 0.6 is 11.6 Å². The molecule has 0 aliphatic heterocycles. The molecule has 2 amide bonds. The Bertz CT molecular complexity index is 1120. The molecule has 0 bridgehead atoms. The SMILES string of the molecule is CC(C)c1c(NC(=O)Nc2ccc(C#N)c(C#N)c2)cnn2cc(Cl)nc12. The molecule has 8 nitrogen and oxygen atoms in total. The second kappa shape index (κ2) is 7.32.